The van der Waals surface area contributed by atoms with E-state index in [0.29, 0.717) is 17.1 Å². The van der Waals surface area contributed by atoms with Crippen LogP contribution in [0.3, 0.4) is 0 Å². The van der Waals surface area contributed by atoms with Gasteiger partial charge in [0, 0.05) is 16.7 Å². The van der Waals surface area contributed by atoms with Crippen molar-refractivity contribution in [1.29, 1.82) is 0 Å². The van der Waals surface area contributed by atoms with Gasteiger partial charge in [-0.3, -0.25) is 0 Å². The minimum absolute atomic E-state index is 0.154. The molecule has 0 heterocycles. The third-order valence-corrected chi connectivity index (χ3v) is 4.31. The molecule has 0 aliphatic heterocycles. The van der Waals surface area contributed by atoms with Gasteiger partial charge >= 0.3 is 0 Å². The van der Waals surface area contributed by atoms with Crippen molar-refractivity contribution in [2.24, 2.45) is 5.73 Å². The lowest BCUT2D eigenvalue weighted by atomic mass is 10.0. The molecule has 0 aliphatic rings. The fourth-order valence-corrected chi connectivity index (χ4v) is 2.39. The van der Waals surface area contributed by atoms with Crippen LogP contribution < -0.4 is 11.1 Å². The molecule has 2 aromatic rings. The van der Waals surface area contributed by atoms with Gasteiger partial charge in [-0.2, -0.15) is 0 Å². The predicted octanol–water partition coefficient (Wildman–Crippen LogP) is 4.66. The minimum Gasteiger partial charge on any atom is -0.377 e. The van der Waals surface area contributed by atoms with Gasteiger partial charge in [-0.15, -0.1) is 0 Å². The van der Waals surface area contributed by atoms with Gasteiger partial charge < -0.3 is 11.1 Å². The highest BCUT2D eigenvalue weighted by Crippen LogP contribution is 2.28. The van der Waals surface area contributed by atoms with Crippen molar-refractivity contribution >= 4 is 33.2 Å². The number of nitrogens with one attached hydrogen (secondary N) is 1. The molecule has 3 N–H and O–H groups in total. The van der Waals surface area contributed by atoms with Crippen molar-refractivity contribution in [1.82, 2.24) is 0 Å². The van der Waals surface area contributed by atoms with Crippen molar-refractivity contribution < 1.29 is 4.39 Å². The van der Waals surface area contributed by atoms with Gasteiger partial charge in [0.15, 0.2) is 0 Å². The second-order valence-corrected chi connectivity index (χ2v) is 5.83. The van der Waals surface area contributed by atoms with E-state index in [4.69, 9.17) is 17.3 Å². The highest BCUT2D eigenvalue weighted by atomic mass is 79.9. The maximum atomic E-state index is 13.6. The molecule has 0 aromatic heterocycles. The third kappa shape index (κ3) is 3.51. The number of anilines is 1. The zero-order valence-electron chi connectivity index (χ0n) is 11.0. The molecular weight excluding hydrogens is 343 g/mol. The third-order valence-electron chi connectivity index (χ3n) is 3.09. The Labute approximate surface area is 131 Å². The maximum absolute atomic E-state index is 13.6. The Balaban J connectivity index is 2.23. The highest BCUT2D eigenvalue weighted by molar-refractivity contribution is 9.10. The van der Waals surface area contributed by atoms with E-state index >= 15 is 0 Å². The first-order valence-corrected chi connectivity index (χ1v) is 7.36. The summed E-state index contributed by atoms with van der Waals surface area (Å²) in [6.45, 7) is 2.10. The second kappa shape index (κ2) is 6.57. The van der Waals surface area contributed by atoms with Crippen LogP contribution in [0.2, 0.25) is 5.02 Å². The van der Waals surface area contributed by atoms with Crippen LogP contribution in [-0.2, 0) is 0 Å². The summed E-state index contributed by atoms with van der Waals surface area (Å²) in [5.41, 5.74) is 8.10. The molecule has 0 fully saturated rings. The van der Waals surface area contributed by atoms with Gasteiger partial charge in [0.05, 0.1) is 11.1 Å². The SMILES string of the molecule is Cc1ccc(C(CN)Nc2ccc(Cl)c(Br)c2)cc1F. The van der Waals surface area contributed by atoms with Crippen LogP contribution in [0.1, 0.15) is 17.2 Å². The summed E-state index contributed by atoms with van der Waals surface area (Å²) < 4.78 is 14.4. The standard InChI is InChI=1S/C15H15BrClFN2/c1-9-2-3-10(6-14(9)18)15(8-19)20-11-4-5-13(17)12(16)7-11/h2-7,15,20H,8,19H2,1H3. The van der Waals surface area contributed by atoms with Crippen molar-refractivity contribution in [2.45, 2.75) is 13.0 Å². The van der Waals surface area contributed by atoms with Gasteiger partial charge in [-0.25, -0.2) is 4.39 Å². The van der Waals surface area contributed by atoms with E-state index in [1.807, 2.05) is 18.2 Å². The van der Waals surface area contributed by atoms with E-state index in [1.54, 1.807) is 19.1 Å². The molecule has 1 unspecified atom stereocenters. The summed E-state index contributed by atoms with van der Waals surface area (Å²) in [4.78, 5) is 0. The zero-order chi connectivity index (χ0) is 14.7. The molecule has 0 aliphatic carbocycles. The number of rotatable bonds is 4. The van der Waals surface area contributed by atoms with Crippen molar-refractivity contribution in [3.05, 3.63) is 62.8 Å². The first kappa shape index (κ1) is 15.3. The first-order chi connectivity index (χ1) is 9.51. The molecule has 0 bridgehead atoms. The summed E-state index contributed by atoms with van der Waals surface area (Å²) in [5.74, 6) is -0.222. The molecule has 2 aromatic carbocycles. The smallest absolute Gasteiger partial charge is 0.126 e. The lowest BCUT2D eigenvalue weighted by Crippen LogP contribution is -2.20. The maximum Gasteiger partial charge on any atom is 0.126 e. The Bertz CT molecular complexity index is 619. The van der Waals surface area contributed by atoms with Crippen molar-refractivity contribution in [2.75, 3.05) is 11.9 Å². The summed E-state index contributed by atoms with van der Waals surface area (Å²) in [6.07, 6.45) is 0. The normalized spacial score (nSPS) is 12.2. The van der Waals surface area contributed by atoms with E-state index in [0.717, 1.165) is 15.7 Å². The van der Waals surface area contributed by atoms with Crippen LogP contribution in [-0.4, -0.2) is 6.54 Å². The van der Waals surface area contributed by atoms with Crippen LogP contribution in [0.15, 0.2) is 40.9 Å². The number of hydrogen-bond donors (Lipinski definition) is 2. The molecule has 106 valence electrons. The second-order valence-electron chi connectivity index (χ2n) is 4.57. The molecular formula is C15H15BrClFN2. The fourth-order valence-electron chi connectivity index (χ4n) is 1.89. The van der Waals surface area contributed by atoms with Crippen LogP contribution in [0.4, 0.5) is 10.1 Å². The molecule has 0 saturated heterocycles. The lowest BCUT2D eigenvalue weighted by Gasteiger charge is -2.19. The van der Waals surface area contributed by atoms with Crippen LogP contribution in [0, 0.1) is 12.7 Å². The van der Waals surface area contributed by atoms with E-state index in [9.17, 15) is 4.39 Å². The number of halogens is 3. The lowest BCUT2D eigenvalue weighted by molar-refractivity contribution is 0.613. The molecule has 5 heteroatoms. The quantitative estimate of drug-likeness (QED) is 0.835. The van der Waals surface area contributed by atoms with Gasteiger partial charge in [0.25, 0.3) is 0 Å². The molecule has 2 rings (SSSR count). The number of hydrogen-bond acceptors (Lipinski definition) is 2. The Morgan fingerprint density at radius 3 is 2.65 bits per heavy atom. The molecule has 0 amide bonds. The van der Waals surface area contributed by atoms with Gasteiger partial charge in [-0.1, -0.05) is 23.7 Å². The van der Waals surface area contributed by atoms with E-state index in [2.05, 4.69) is 21.2 Å². The summed E-state index contributed by atoms with van der Waals surface area (Å²) in [5, 5.41) is 3.92. The molecule has 20 heavy (non-hydrogen) atoms. The predicted molar refractivity (Wildman–Crippen MR) is 85.7 cm³/mol. The molecule has 0 spiro atoms. The van der Waals surface area contributed by atoms with Crippen LogP contribution >= 0.6 is 27.5 Å². The average molecular weight is 358 g/mol. The minimum atomic E-state index is -0.222. The Morgan fingerprint density at radius 2 is 2.05 bits per heavy atom. The largest absolute Gasteiger partial charge is 0.377 e. The Morgan fingerprint density at radius 1 is 1.30 bits per heavy atom. The number of nitrogens with two attached hydrogens (primary N) is 1. The molecule has 0 saturated carbocycles. The molecule has 2 nitrogen and oxygen atoms in total. The summed E-state index contributed by atoms with van der Waals surface area (Å²) in [7, 11) is 0. The number of aryl methyl sites for hydroxylation is 1. The Kier molecular flexibility index (Phi) is 5.02. The summed E-state index contributed by atoms with van der Waals surface area (Å²) >= 11 is 9.33. The molecule has 1 atom stereocenters. The van der Waals surface area contributed by atoms with Crippen molar-refractivity contribution in [3.63, 3.8) is 0 Å². The van der Waals surface area contributed by atoms with E-state index < -0.39 is 0 Å². The van der Waals surface area contributed by atoms with E-state index in [-0.39, 0.29) is 11.9 Å². The van der Waals surface area contributed by atoms with Gasteiger partial charge in [0.1, 0.15) is 5.82 Å². The molecule has 0 radical (unpaired) electrons. The number of benzene rings is 2. The van der Waals surface area contributed by atoms with Crippen molar-refractivity contribution in [3.8, 4) is 0 Å². The van der Waals surface area contributed by atoms with Crippen LogP contribution in [0.25, 0.3) is 0 Å². The highest BCUT2D eigenvalue weighted by Gasteiger charge is 2.12. The monoisotopic (exact) mass is 356 g/mol. The summed E-state index contributed by atoms with van der Waals surface area (Å²) in [6, 6.07) is 10.5. The van der Waals surface area contributed by atoms with Gasteiger partial charge in [0.2, 0.25) is 0 Å². The topological polar surface area (TPSA) is 38.0 Å². The average Bonchev–Trinajstić information content (AvgIpc) is 2.43. The zero-order valence-corrected chi connectivity index (χ0v) is 13.3. The van der Waals surface area contributed by atoms with E-state index in [1.165, 1.54) is 6.07 Å². The Hall–Kier alpha value is -1.10. The van der Waals surface area contributed by atoms with Gasteiger partial charge in [-0.05, 0) is 58.2 Å². The fraction of sp³-hybridized carbons (Fsp3) is 0.200. The van der Waals surface area contributed by atoms with Crippen LogP contribution in [0.5, 0.6) is 0 Å². The first-order valence-electron chi connectivity index (χ1n) is 6.19.